The number of rotatable bonds is 2. The van der Waals surface area contributed by atoms with Crippen LogP contribution in [-0.2, 0) is 6.54 Å². The van der Waals surface area contributed by atoms with E-state index in [2.05, 4.69) is 9.88 Å². The molecule has 0 saturated carbocycles. The quantitative estimate of drug-likeness (QED) is 0.706. The fraction of sp³-hybridized carbons (Fsp3) is 0.500. The molecule has 1 aliphatic rings. The zero-order valence-electron chi connectivity index (χ0n) is 8.06. The molecule has 1 fully saturated rings. The molecular weight excluding hydrogens is 178 g/mol. The third kappa shape index (κ3) is 2.02. The molecule has 1 aromatic heterocycles. The SMILES string of the molecule is Nc1cnccc1CN1CC[C@@H](O)C1. The molecule has 0 aliphatic carbocycles. The van der Waals surface area contributed by atoms with Crippen LogP contribution in [0, 0.1) is 0 Å². The molecule has 1 aromatic rings. The van der Waals surface area contributed by atoms with Crippen molar-refractivity contribution in [3.8, 4) is 0 Å². The molecule has 4 heteroatoms. The summed E-state index contributed by atoms with van der Waals surface area (Å²) in [6.07, 6.45) is 4.11. The topological polar surface area (TPSA) is 62.4 Å². The molecule has 0 unspecified atom stereocenters. The van der Waals surface area contributed by atoms with Crippen molar-refractivity contribution < 1.29 is 5.11 Å². The lowest BCUT2D eigenvalue weighted by Crippen LogP contribution is -2.22. The maximum Gasteiger partial charge on any atom is 0.0679 e. The van der Waals surface area contributed by atoms with Crippen LogP contribution in [0.4, 0.5) is 5.69 Å². The van der Waals surface area contributed by atoms with Crippen LogP contribution in [0.3, 0.4) is 0 Å². The van der Waals surface area contributed by atoms with E-state index >= 15 is 0 Å². The minimum absolute atomic E-state index is 0.168. The van der Waals surface area contributed by atoms with Crippen molar-refractivity contribution >= 4 is 5.69 Å². The molecule has 1 saturated heterocycles. The van der Waals surface area contributed by atoms with Crippen LogP contribution in [0.2, 0.25) is 0 Å². The number of hydrogen-bond donors (Lipinski definition) is 2. The van der Waals surface area contributed by atoms with Crippen molar-refractivity contribution in [3.63, 3.8) is 0 Å². The van der Waals surface area contributed by atoms with E-state index < -0.39 is 0 Å². The van der Waals surface area contributed by atoms with Gasteiger partial charge in [0.05, 0.1) is 18.0 Å². The molecule has 0 aromatic carbocycles. The molecular formula is C10H15N3O. The van der Waals surface area contributed by atoms with Crippen LogP contribution < -0.4 is 5.73 Å². The zero-order chi connectivity index (χ0) is 9.97. The van der Waals surface area contributed by atoms with E-state index in [1.165, 1.54) is 0 Å². The summed E-state index contributed by atoms with van der Waals surface area (Å²) < 4.78 is 0. The van der Waals surface area contributed by atoms with Gasteiger partial charge in [-0.05, 0) is 18.1 Å². The van der Waals surface area contributed by atoms with Gasteiger partial charge in [-0.25, -0.2) is 0 Å². The van der Waals surface area contributed by atoms with Crippen molar-refractivity contribution in [2.24, 2.45) is 0 Å². The Bertz CT molecular complexity index is 316. The largest absolute Gasteiger partial charge is 0.397 e. The van der Waals surface area contributed by atoms with Crippen molar-refractivity contribution in [3.05, 3.63) is 24.0 Å². The highest BCUT2D eigenvalue weighted by atomic mass is 16.3. The number of pyridine rings is 1. The Kier molecular flexibility index (Phi) is 2.65. The summed E-state index contributed by atoms with van der Waals surface area (Å²) in [5.41, 5.74) is 7.60. The first-order valence-corrected chi connectivity index (χ1v) is 4.84. The predicted molar refractivity (Wildman–Crippen MR) is 54.6 cm³/mol. The lowest BCUT2D eigenvalue weighted by Gasteiger charge is -2.15. The standard InChI is InChI=1S/C10H15N3O/c11-10-5-12-3-1-8(10)6-13-4-2-9(14)7-13/h1,3,5,9,14H,2,4,6-7,11H2/t9-/m1/s1. The van der Waals surface area contributed by atoms with E-state index in [0.29, 0.717) is 0 Å². The van der Waals surface area contributed by atoms with Crippen molar-refractivity contribution in [2.45, 2.75) is 19.1 Å². The molecule has 14 heavy (non-hydrogen) atoms. The van der Waals surface area contributed by atoms with Gasteiger partial charge < -0.3 is 10.8 Å². The minimum Gasteiger partial charge on any atom is -0.397 e. The summed E-state index contributed by atoms with van der Waals surface area (Å²) in [6, 6.07) is 1.93. The number of aliphatic hydroxyl groups excluding tert-OH is 1. The number of aromatic nitrogens is 1. The molecule has 76 valence electrons. The number of β-amino-alcohol motifs (C(OH)–C–C–N with tert-alkyl or cyclic N) is 1. The van der Waals surface area contributed by atoms with Crippen LogP contribution in [0.15, 0.2) is 18.5 Å². The molecule has 2 heterocycles. The van der Waals surface area contributed by atoms with E-state index in [4.69, 9.17) is 5.73 Å². The van der Waals surface area contributed by atoms with Gasteiger partial charge in [0.2, 0.25) is 0 Å². The highest BCUT2D eigenvalue weighted by molar-refractivity contribution is 5.43. The number of aliphatic hydroxyl groups is 1. The van der Waals surface area contributed by atoms with Gasteiger partial charge in [0.15, 0.2) is 0 Å². The lowest BCUT2D eigenvalue weighted by molar-refractivity contribution is 0.175. The van der Waals surface area contributed by atoms with Crippen LogP contribution in [-0.4, -0.2) is 34.2 Å². The van der Waals surface area contributed by atoms with E-state index in [1.54, 1.807) is 12.4 Å². The Hall–Kier alpha value is -1.13. The first kappa shape index (κ1) is 9.43. The Balaban J connectivity index is 2.01. The molecule has 0 amide bonds. The molecule has 0 bridgehead atoms. The summed E-state index contributed by atoms with van der Waals surface area (Å²) in [5.74, 6) is 0. The Morgan fingerprint density at radius 3 is 3.14 bits per heavy atom. The maximum absolute atomic E-state index is 9.36. The van der Waals surface area contributed by atoms with Crippen molar-refractivity contribution in [1.29, 1.82) is 0 Å². The fourth-order valence-corrected chi connectivity index (χ4v) is 1.78. The normalized spacial score (nSPS) is 22.8. The third-order valence-corrected chi connectivity index (χ3v) is 2.59. The third-order valence-electron chi connectivity index (χ3n) is 2.59. The first-order chi connectivity index (χ1) is 6.75. The highest BCUT2D eigenvalue weighted by Gasteiger charge is 2.20. The second-order valence-electron chi connectivity index (χ2n) is 3.75. The van der Waals surface area contributed by atoms with E-state index in [1.807, 2.05) is 6.07 Å². The Morgan fingerprint density at radius 1 is 1.64 bits per heavy atom. The number of nitrogen functional groups attached to an aromatic ring is 1. The van der Waals surface area contributed by atoms with Crippen LogP contribution in [0.25, 0.3) is 0 Å². The smallest absolute Gasteiger partial charge is 0.0679 e. The average molecular weight is 193 g/mol. The van der Waals surface area contributed by atoms with Gasteiger partial charge in [-0.3, -0.25) is 9.88 Å². The fourth-order valence-electron chi connectivity index (χ4n) is 1.78. The van der Waals surface area contributed by atoms with Gasteiger partial charge in [-0.15, -0.1) is 0 Å². The minimum atomic E-state index is -0.168. The monoisotopic (exact) mass is 193 g/mol. The summed E-state index contributed by atoms with van der Waals surface area (Å²) >= 11 is 0. The van der Waals surface area contributed by atoms with Gasteiger partial charge in [0.25, 0.3) is 0 Å². The summed E-state index contributed by atoms with van der Waals surface area (Å²) in [4.78, 5) is 6.15. The molecule has 4 nitrogen and oxygen atoms in total. The molecule has 0 radical (unpaired) electrons. The van der Waals surface area contributed by atoms with Gasteiger partial charge in [0, 0.05) is 25.8 Å². The number of anilines is 1. The Labute approximate surface area is 83.4 Å². The number of nitrogens with two attached hydrogens (primary N) is 1. The van der Waals surface area contributed by atoms with Crippen LogP contribution >= 0.6 is 0 Å². The summed E-state index contributed by atoms with van der Waals surface area (Å²) in [5, 5.41) is 9.36. The number of likely N-dealkylation sites (tertiary alicyclic amines) is 1. The van der Waals surface area contributed by atoms with E-state index in [-0.39, 0.29) is 6.10 Å². The maximum atomic E-state index is 9.36. The molecule has 1 aliphatic heterocycles. The molecule has 1 atom stereocenters. The van der Waals surface area contributed by atoms with E-state index in [0.717, 1.165) is 37.3 Å². The first-order valence-electron chi connectivity index (χ1n) is 4.84. The van der Waals surface area contributed by atoms with Gasteiger partial charge >= 0.3 is 0 Å². The van der Waals surface area contributed by atoms with Crippen molar-refractivity contribution in [1.82, 2.24) is 9.88 Å². The lowest BCUT2D eigenvalue weighted by atomic mass is 10.2. The second kappa shape index (κ2) is 3.94. The number of hydrogen-bond acceptors (Lipinski definition) is 4. The van der Waals surface area contributed by atoms with Gasteiger partial charge in [0.1, 0.15) is 0 Å². The van der Waals surface area contributed by atoms with E-state index in [9.17, 15) is 5.11 Å². The molecule has 3 N–H and O–H groups in total. The second-order valence-corrected chi connectivity index (χ2v) is 3.75. The Morgan fingerprint density at radius 2 is 2.50 bits per heavy atom. The average Bonchev–Trinajstić information content (AvgIpc) is 2.56. The van der Waals surface area contributed by atoms with Gasteiger partial charge in [-0.1, -0.05) is 0 Å². The predicted octanol–water partition coefficient (Wildman–Crippen LogP) is 0.230. The van der Waals surface area contributed by atoms with Crippen LogP contribution in [0.5, 0.6) is 0 Å². The number of nitrogens with zero attached hydrogens (tertiary/aromatic N) is 2. The van der Waals surface area contributed by atoms with Crippen molar-refractivity contribution in [2.75, 3.05) is 18.8 Å². The zero-order valence-corrected chi connectivity index (χ0v) is 8.06. The summed E-state index contributed by atoms with van der Waals surface area (Å²) in [7, 11) is 0. The molecule has 2 rings (SSSR count). The molecule has 0 spiro atoms. The van der Waals surface area contributed by atoms with Gasteiger partial charge in [-0.2, -0.15) is 0 Å². The highest BCUT2D eigenvalue weighted by Crippen LogP contribution is 2.16. The van der Waals surface area contributed by atoms with Crippen LogP contribution in [0.1, 0.15) is 12.0 Å². The summed E-state index contributed by atoms with van der Waals surface area (Å²) in [6.45, 7) is 2.51.